The summed E-state index contributed by atoms with van der Waals surface area (Å²) in [6.45, 7) is 8.31. The van der Waals surface area contributed by atoms with Crippen LogP contribution < -0.4 is 5.32 Å². The zero-order chi connectivity index (χ0) is 14.6. The lowest BCUT2D eigenvalue weighted by Crippen LogP contribution is -2.42. The van der Waals surface area contributed by atoms with Gasteiger partial charge >= 0.3 is 0 Å². The summed E-state index contributed by atoms with van der Waals surface area (Å²) in [5.74, 6) is 0.220. The van der Waals surface area contributed by atoms with Crippen LogP contribution in [0.3, 0.4) is 0 Å². The van der Waals surface area contributed by atoms with Gasteiger partial charge in [-0.05, 0) is 32.4 Å². The van der Waals surface area contributed by atoms with E-state index in [1.54, 1.807) is 4.31 Å². The molecule has 1 atom stereocenters. The second-order valence-corrected chi connectivity index (χ2v) is 8.41. The van der Waals surface area contributed by atoms with Gasteiger partial charge in [0.1, 0.15) is 0 Å². The zero-order valence-corrected chi connectivity index (χ0v) is 13.7. The molecule has 0 aromatic carbocycles. The maximum absolute atomic E-state index is 12.3. The van der Waals surface area contributed by atoms with Crippen molar-refractivity contribution in [2.45, 2.75) is 51.6 Å². The summed E-state index contributed by atoms with van der Waals surface area (Å²) >= 11 is 0. The largest absolute Gasteiger partial charge is 0.313 e. The average molecular weight is 303 g/mol. The Morgan fingerprint density at radius 1 is 1.15 bits per heavy atom. The van der Waals surface area contributed by atoms with Crippen molar-refractivity contribution in [3.05, 3.63) is 0 Å². The Morgan fingerprint density at radius 3 is 2.50 bits per heavy atom. The predicted molar refractivity (Wildman–Crippen MR) is 82.3 cm³/mol. The monoisotopic (exact) mass is 303 g/mol. The Bertz CT molecular complexity index is 391. The molecule has 1 N–H and O–H groups in total. The van der Waals surface area contributed by atoms with Gasteiger partial charge in [0.15, 0.2) is 0 Å². The number of hydrogen-bond donors (Lipinski definition) is 1. The summed E-state index contributed by atoms with van der Waals surface area (Å²) in [6, 6.07) is 0.785. The molecule has 5 nitrogen and oxygen atoms in total. The summed E-state index contributed by atoms with van der Waals surface area (Å²) < 4.78 is 26.3. The highest BCUT2D eigenvalue weighted by Gasteiger charge is 2.34. The lowest BCUT2D eigenvalue weighted by atomic mass is 10.1. The molecule has 0 spiro atoms. The highest BCUT2D eigenvalue weighted by molar-refractivity contribution is 7.89. The second-order valence-electron chi connectivity index (χ2n) is 6.32. The summed E-state index contributed by atoms with van der Waals surface area (Å²) in [7, 11) is -3.08. The van der Waals surface area contributed by atoms with Crippen LogP contribution in [0.1, 0.15) is 39.5 Å². The Kier molecular flexibility index (Phi) is 5.84. The van der Waals surface area contributed by atoms with Gasteiger partial charge in [0.2, 0.25) is 10.0 Å². The highest BCUT2D eigenvalue weighted by Crippen LogP contribution is 2.22. The Hall–Kier alpha value is -0.170. The minimum absolute atomic E-state index is 0.220. The number of hydrogen-bond acceptors (Lipinski definition) is 4. The van der Waals surface area contributed by atoms with E-state index < -0.39 is 10.0 Å². The molecular weight excluding hydrogens is 274 g/mol. The fraction of sp³-hybridized carbons (Fsp3) is 1.00. The molecule has 118 valence electrons. The van der Waals surface area contributed by atoms with E-state index in [1.807, 2.05) is 13.8 Å². The molecule has 20 heavy (non-hydrogen) atoms. The van der Waals surface area contributed by atoms with Crippen LogP contribution in [0, 0.1) is 0 Å². The van der Waals surface area contributed by atoms with Crippen LogP contribution in [-0.2, 0) is 10.0 Å². The van der Waals surface area contributed by atoms with Gasteiger partial charge in [0.05, 0.1) is 5.75 Å². The summed E-state index contributed by atoms with van der Waals surface area (Å²) in [6.07, 6.45) is 4.85. The van der Waals surface area contributed by atoms with Gasteiger partial charge in [-0.25, -0.2) is 12.7 Å². The van der Waals surface area contributed by atoms with E-state index in [0.29, 0.717) is 31.7 Å². The molecule has 0 aliphatic carbocycles. The fourth-order valence-electron chi connectivity index (χ4n) is 3.15. The second kappa shape index (κ2) is 7.20. The van der Waals surface area contributed by atoms with Crippen LogP contribution in [0.15, 0.2) is 0 Å². The average Bonchev–Trinajstić information content (AvgIpc) is 2.89. The van der Waals surface area contributed by atoms with Crippen molar-refractivity contribution in [2.24, 2.45) is 0 Å². The van der Waals surface area contributed by atoms with Crippen molar-refractivity contribution < 1.29 is 8.42 Å². The molecule has 0 aromatic rings. The van der Waals surface area contributed by atoms with Crippen molar-refractivity contribution in [1.29, 1.82) is 0 Å². The van der Waals surface area contributed by atoms with Crippen LogP contribution >= 0.6 is 0 Å². The minimum atomic E-state index is -3.08. The van der Waals surface area contributed by atoms with Gasteiger partial charge in [-0.1, -0.05) is 20.3 Å². The molecule has 6 heteroatoms. The molecular formula is C14H29N3O2S. The molecule has 0 amide bonds. The number of nitrogens with one attached hydrogen (secondary N) is 1. The van der Waals surface area contributed by atoms with Crippen molar-refractivity contribution in [1.82, 2.24) is 14.5 Å². The quantitative estimate of drug-likeness (QED) is 0.791. The lowest BCUT2D eigenvalue weighted by molar-refractivity contribution is 0.169. The molecule has 1 unspecified atom stereocenters. The van der Waals surface area contributed by atoms with E-state index in [4.69, 9.17) is 0 Å². The number of piperidine rings is 1. The smallest absolute Gasteiger partial charge is 0.215 e. The van der Waals surface area contributed by atoms with Crippen molar-refractivity contribution >= 4 is 10.0 Å². The van der Waals surface area contributed by atoms with Crippen LogP contribution in [0.25, 0.3) is 0 Å². The Labute approximate surface area is 123 Å². The minimum Gasteiger partial charge on any atom is -0.313 e. The van der Waals surface area contributed by atoms with E-state index in [-0.39, 0.29) is 5.75 Å². The molecule has 2 rings (SSSR count). The highest BCUT2D eigenvalue weighted by atomic mass is 32.2. The van der Waals surface area contributed by atoms with Gasteiger partial charge in [-0.2, -0.15) is 0 Å². The maximum atomic E-state index is 12.3. The molecule has 2 heterocycles. The number of nitrogens with zero attached hydrogens (tertiary/aromatic N) is 2. The third kappa shape index (κ3) is 4.41. The van der Waals surface area contributed by atoms with Crippen molar-refractivity contribution in [3.63, 3.8) is 0 Å². The Balaban J connectivity index is 1.81. The first kappa shape index (κ1) is 16.2. The molecule has 2 aliphatic rings. The number of sulfonamides is 1. The first-order valence-electron chi connectivity index (χ1n) is 7.94. The van der Waals surface area contributed by atoms with Gasteiger partial charge in [0.25, 0.3) is 0 Å². The van der Waals surface area contributed by atoms with Gasteiger partial charge < -0.3 is 5.32 Å². The summed E-state index contributed by atoms with van der Waals surface area (Å²) in [5.41, 5.74) is 0. The molecule has 0 aromatic heterocycles. The van der Waals surface area contributed by atoms with Crippen molar-refractivity contribution in [2.75, 3.05) is 38.5 Å². The first-order valence-corrected chi connectivity index (χ1v) is 9.55. The van der Waals surface area contributed by atoms with Crippen molar-refractivity contribution in [3.8, 4) is 0 Å². The Morgan fingerprint density at radius 2 is 1.85 bits per heavy atom. The molecule has 0 radical (unpaired) electrons. The summed E-state index contributed by atoms with van der Waals surface area (Å²) in [5, 5.41) is 3.18. The van der Waals surface area contributed by atoms with E-state index in [1.165, 1.54) is 19.3 Å². The van der Waals surface area contributed by atoms with E-state index >= 15 is 0 Å². The fourth-order valence-corrected chi connectivity index (χ4v) is 4.57. The summed E-state index contributed by atoms with van der Waals surface area (Å²) in [4.78, 5) is 2.49. The van der Waals surface area contributed by atoms with Crippen LogP contribution in [0.5, 0.6) is 0 Å². The lowest BCUT2D eigenvalue weighted by Gasteiger charge is -2.32. The number of rotatable bonds is 6. The van der Waals surface area contributed by atoms with Crippen LogP contribution in [0.4, 0.5) is 0 Å². The van der Waals surface area contributed by atoms with E-state index in [9.17, 15) is 8.42 Å². The molecule has 2 fully saturated rings. The van der Waals surface area contributed by atoms with Crippen LogP contribution in [-0.4, -0.2) is 68.2 Å². The maximum Gasteiger partial charge on any atom is 0.215 e. The van der Waals surface area contributed by atoms with Gasteiger partial charge in [0, 0.05) is 31.7 Å². The SMILES string of the molecule is CC(C)NCCS(=O)(=O)N1CCC(N2CCCCC2)C1. The molecule has 2 aliphatic heterocycles. The van der Waals surface area contributed by atoms with E-state index in [0.717, 1.165) is 19.5 Å². The normalized spacial score (nSPS) is 26.4. The van der Waals surface area contributed by atoms with E-state index in [2.05, 4.69) is 10.2 Å². The molecule has 2 saturated heterocycles. The third-order valence-electron chi connectivity index (χ3n) is 4.34. The number of likely N-dealkylation sites (tertiary alicyclic amines) is 1. The molecule has 0 saturated carbocycles. The topological polar surface area (TPSA) is 52.7 Å². The first-order chi connectivity index (χ1) is 9.49. The zero-order valence-electron chi connectivity index (χ0n) is 12.8. The van der Waals surface area contributed by atoms with Gasteiger partial charge in [-0.15, -0.1) is 0 Å². The molecule has 0 bridgehead atoms. The third-order valence-corrected chi connectivity index (χ3v) is 6.18. The predicted octanol–water partition coefficient (Wildman–Crippen LogP) is 0.874. The van der Waals surface area contributed by atoms with Gasteiger partial charge in [-0.3, -0.25) is 4.90 Å². The van der Waals surface area contributed by atoms with Crippen LogP contribution in [0.2, 0.25) is 0 Å². The standard InChI is InChI=1S/C14H29N3O2S/c1-13(2)15-7-11-20(18,19)17-10-6-14(12-17)16-8-4-3-5-9-16/h13-15H,3-12H2,1-2H3.